The number of aromatic amines is 1. The van der Waals surface area contributed by atoms with Crippen LogP contribution < -0.4 is 5.32 Å². The SMILES string of the molecule is Cc1ccc2[nH]cc(CCN3C[C@H](C(=O)Nc4cccc(C)c4C)CC3=O)c2c1. The van der Waals surface area contributed by atoms with Crippen molar-refractivity contribution in [1.82, 2.24) is 9.88 Å². The maximum absolute atomic E-state index is 12.7. The molecule has 0 bridgehead atoms. The van der Waals surface area contributed by atoms with Crippen LogP contribution in [0.4, 0.5) is 5.69 Å². The molecule has 0 spiro atoms. The first kappa shape index (κ1) is 19.2. The van der Waals surface area contributed by atoms with Crippen LogP contribution in [0.15, 0.2) is 42.6 Å². The van der Waals surface area contributed by atoms with Crippen LogP contribution in [0, 0.1) is 26.7 Å². The van der Waals surface area contributed by atoms with Crippen molar-refractivity contribution in [2.75, 3.05) is 18.4 Å². The van der Waals surface area contributed by atoms with Crippen LogP contribution in [0.2, 0.25) is 0 Å². The molecule has 1 fully saturated rings. The summed E-state index contributed by atoms with van der Waals surface area (Å²) in [5, 5.41) is 4.22. The molecule has 1 aromatic heterocycles. The lowest BCUT2D eigenvalue weighted by atomic mass is 10.1. The van der Waals surface area contributed by atoms with Gasteiger partial charge in [-0.25, -0.2) is 0 Å². The number of fused-ring (bicyclic) bond motifs is 1. The van der Waals surface area contributed by atoms with E-state index in [0.29, 0.717) is 13.1 Å². The van der Waals surface area contributed by atoms with Gasteiger partial charge in [0.05, 0.1) is 5.92 Å². The van der Waals surface area contributed by atoms with Gasteiger partial charge >= 0.3 is 0 Å². The first-order valence-corrected chi connectivity index (χ1v) is 10.1. The Hall–Kier alpha value is -3.08. The second-order valence-electron chi connectivity index (χ2n) is 8.09. The van der Waals surface area contributed by atoms with E-state index in [1.165, 1.54) is 16.5 Å². The number of hydrogen-bond donors (Lipinski definition) is 2. The Labute approximate surface area is 171 Å². The number of carbonyl (C=O) groups is 2. The molecule has 0 radical (unpaired) electrons. The monoisotopic (exact) mass is 389 g/mol. The largest absolute Gasteiger partial charge is 0.361 e. The first-order chi connectivity index (χ1) is 13.9. The van der Waals surface area contributed by atoms with Gasteiger partial charge in [0, 0.05) is 42.3 Å². The molecular weight excluding hydrogens is 362 g/mol. The zero-order valence-electron chi connectivity index (χ0n) is 17.2. The Morgan fingerprint density at radius 1 is 1.21 bits per heavy atom. The van der Waals surface area contributed by atoms with Crippen LogP contribution in [0.5, 0.6) is 0 Å². The van der Waals surface area contributed by atoms with Crippen LogP contribution >= 0.6 is 0 Å². The molecule has 1 atom stereocenters. The topological polar surface area (TPSA) is 65.2 Å². The molecule has 150 valence electrons. The molecule has 0 saturated carbocycles. The van der Waals surface area contributed by atoms with Gasteiger partial charge in [0.15, 0.2) is 0 Å². The van der Waals surface area contributed by atoms with E-state index in [1.807, 2.05) is 43.1 Å². The van der Waals surface area contributed by atoms with Crippen LogP contribution in [-0.2, 0) is 16.0 Å². The van der Waals surface area contributed by atoms with E-state index in [9.17, 15) is 9.59 Å². The Bertz CT molecular complexity index is 1080. The van der Waals surface area contributed by atoms with E-state index < -0.39 is 0 Å². The number of hydrogen-bond acceptors (Lipinski definition) is 2. The molecule has 2 amide bonds. The van der Waals surface area contributed by atoms with E-state index in [2.05, 4.69) is 35.4 Å². The fraction of sp³-hybridized carbons (Fsp3) is 0.333. The molecule has 2 heterocycles. The van der Waals surface area contributed by atoms with Gasteiger partial charge in [0.2, 0.25) is 11.8 Å². The zero-order valence-corrected chi connectivity index (χ0v) is 17.2. The molecular formula is C24H27N3O2. The van der Waals surface area contributed by atoms with Crippen molar-refractivity contribution in [2.45, 2.75) is 33.6 Å². The molecule has 29 heavy (non-hydrogen) atoms. The summed E-state index contributed by atoms with van der Waals surface area (Å²) in [5.74, 6) is -0.313. The molecule has 4 rings (SSSR count). The van der Waals surface area contributed by atoms with Crippen molar-refractivity contribution in [1.29, 1.82) is 0 Å². The summed E-state index contributed by atoms with van der Waals surface area (Å²) in [6.45, 7) is 7.22. The van der Waals surface area contributed by atoms with Gasteiger partial charge in [-0.15, -0.1) is 0 Å². The van der Waals surface area contributed by atoms with Crippen molar-refractivity contribution in [2.24, 2.45) is 5.92 Å². The minimum atomic E-state index is -0.298. The number of anilines is 1. The Balaban J connectivity index is 1.39. The summed E-state index contributed by atoms with van der Waals surface area (Å²) < 4.78 is 0. The van der Waals surface area contributed by atoms with Crippen molar-refractivity contribution < 1.29 is 9.59 Å². The highest BCUT2D eigenvalue weighted by Gasteiger charge is 2.34. The number of carbonyl (C=O) groups excluding carboxylic acids is 2. The number of aromatic nitrogens is 1. The third kappa shape index (κ3) is 3.90. The second-order valence-corrected chi connectivity index (χ2v) is 8.09. The van der Waals surface area contributed by atoms with Gasteiger partial charge in [0.25, 0.3) is 0 Å². The van der Waals surface area contributed by atoms with E-state index >= 15 is 0 Å². The fourth-order valence-corrected chi connectivity index (χ4v) is 4.04. The van der Waals surface area contributed by atoms with Gasteiger partial charge < -0.3 is 15.2 Å². The predicted octanol–water partition coefficient (Wildman–Crippen LogP) is 4.12. The molecule has 1 aliphatic heterocycles. The Kier molecular flexibility index (Phi) is 5.14. The average Bonchev–Trinajstić information content (AvgIpc) is 3.26. The van der Waals surface area contributed by atoms with Crippen LogP contribution in [0.25, 0.3) is 10.9 Å². The highest BCUT2D eigenvalue weighted by atomic mass is 16.2. The van der Waals surface area contributed by atoms with E-state index in [0.717, 1.165) is 28.8 Å². The lowest BCUT2D eigenvalue weighted by Crippen LogP contribution is -2.30. The molecule has 5 nitrogen and oxygen atoms in total. The number of rotatable bonds is 5. The number of nitrogens with one attached hydrogen (secondary N) is 2. The summed E-state index contributed by atoms with van der Waals surface area (Å²) in [6, 6.07) is 12.2. The maximum Gasteiger partial charge on any atom is 0.229 e. The summed E-state index contributed by atoms with van der Waals surface area (Å²) in [5.41, 5.74) is 6.58. The first-order valence-electron chi connectivity index (χ1n) is 10.1. The lowest BCUT2D eigenvalue weighted by Gasteiger charge is -2.17. The van der Waals surface area contributed by atoms with Crippen LogP contribution in [0.1, 0.15) is 28.7 Å². The molecule has 0 aliphatic carbocycles. The fourth-order valence-electron chi connectivity index (χ4n) is 4.04. The molecule has 5 heteroatoms. The minimum Gasteiger partial charge on any atom is -0.361 e. The summed E-state index contributed by atoms with van der Waals surface area (Å²) in [4.78, 5) is 30.3. The Morgan fingerprint density at radius 3 is 2.86 bits per heavy atom. The van der Waals surface area contributed by atoms with Crippen molar-refractivity contribution >= 4 is 28.4 Å². The van der Waals surface area contributed by atoms with Gasteiger partial charge in [-0.1, -0.05) is 23.8 Å². The summed E-state index contributed by atoms with van der Waals surface area (Å²) in [7, 11) is 0. The average molecular weight is 389 g/mol. The molecule has 0 unspecified atom stereocenters. The van der Waals surface area contributed by atoms with Crippen LogP contribution in [-0.4, -0.2) is 34.8 Å². The van der Waals surface area contributed by atoms with E-state index in [1.54, 1.807) is 0 Å². The third-order valence-corrected chi connectivity index (χ3v) is 6.02. The number of benzene rings is 2. The van der Waals surface area contributed by atoms with Crippen LogP contribution in [0.3, 0.4) is 0 Å². The minimum absolute atomic E-state index is 0.0575. The maximum atomic E-state index is 12.7. The van der Waals surface area contributed by atoms with Gasteiger partial charge in [0.1, 0.15) is 0 Å². The molecule has 2 N–H and O–H groups in total. The van der Waals surface area contributed by atoms with Crippen molar-refractivity contribution in [3.63, 3.8) is 0 Å². The molecule has 2 aromatic carbocycles. The van der Waals surface area contributed by atoms with Gasteiger partial charge in [-0.05, 0) is 62.1 Å². The third-order valence-electron chi connectivity index (χ3n) is 6.02. The molecule has 1 saturated heterocycles. The zero-order chi connectivity index (χ0) is 20.5. The van der Waals surface area contributed by atoms with Crippen molar-refractivity contribution in [3.8, 4) is 0 Å². The molecule has 3 aromatic rings. The van der Waals surface area contributed by atoms with Crippen molar-refractivity contribution in [3.05, 3.63) is 64.8 Å². The highest BCUT2D eigenvalue weighted by molar-refractivity contribution is 5.97. The highest BCUT2D eigenvalue weighted by Crippen LogP contribution is 2.24. The smallest absolute Gasteiger partial charge is 0.229 e. The number of amides is 2. The standard InChI is InChI=1S/C24H27N3O2/c1-15-7-8-22-20(11-15)18(13-25-22)9-10-27-14-19(12-23(27)28)24(29)26-21-6-4-5-16(2)17(21)3/h4-8,11,13,19,25H,9-10,12,14H2,1-3H3,(H,26,29)/t19-/m1/s1. The number of aryl methyl sites for hydroxylation is 2. The number of nitrogens with zero attached hydrogens (tertiary/aromatic N) is 1. The normalized spacial score (nSPS) is 16.6. The van der Waals surface area contributed by atoms with E-state index in [4.69, 9.17) is 0 Å². The van der Waals surface area contributed by atoms with Gasteiger partial charge in [-0.3, -0.25) is 9.59 Å². The quantitative estimate of drug-likeness (QED) is 0.689. The number of H-pyrrole nitrogens is 1. The summed E-state index contributed by atoms with van der Waals surface area (Å²) >= 11 is 0. The summed E-state index contributed by atoms with van der Waals surface area (Å²) in [6.07, 6.45) is 3.08. The predicted molar refractivity (Wildman–Crippen MR) is 116 cm³/mol. The number of likely N-dealkylation sites (tertiary alicyclic amines) is 1. The van der Waals surface area contributed by atoms with Gasteiger partial charge in [-0.2, -0.15) is 0 Å². The molecule has 1 aliphatic rings. The Morgan fingerprint density at radius 2 is 2.03 bits per heavy atom. The second kappa shape index (κ2) is 7.74. The van der Waals surface area contributed by atoms with E-state index in [-0.39, 0.29) is 24.2 Å². The lowest BCUT2D eigenvalue weighted by molar-refractivity contribution is -0.128.